The summed E-state index contributed by atoms with van der Waals surface area (Å²) >= 11 is 0. The van der Waals surface area contributed by atoms with E-state index in [9.17, 15) is 12.9 Å². The first-order valence-electron chi connectivity index (χ1n) is 3.68. The maximum atomic E-state index is 12.0. The Balaban J connectivity index is 0.00000169. The first kappa shape index (κ1) is 14.4. The first-order chi connectivity index (χ1) is 6.04. The standard InChI is InChI=1S/C6H7BF3N2O.K/c1-2-13-6-11-3-5(4-12-6)7(8,9)10;/h3-4H,2H2,1H3;/q-1;+1. The molecular weight excluding hydrogens is 223 g/mol. The quantitative estimate of drug-likeness (QED) is 0.560. The van der Waals surface area contributed by atoms with Gasteiger partial charge in [-0.3, -0.25) is 0 Å². The molecule has 1 aromatic rings. The zero-order valence-corrected chi connectivity index (χ0v) is 11.0. The second-order valence-corrected chi connectivity index (χ2v) is 2.31. The molecule has 14 heavy (non-hydrogen) atoms. The monoisotopic (exact) mass is 230 g/mol. The van der Waals surface area contributed by atoms with Crippen LogP contribution in [-0.4, -0.2) is 23.6 Å². The number of rotatable bonds is 3. The van der Waals surface area contributed by atoms with Gasteiger partial charge in [-0.15, -0.1) is 0 Å². The molecule has 0 aliphatic carbocycles. The van der Waals surface area contributed by atoms with Crippen LogP contribution in [-0.2, 0) is 0 Å². The normalized spacial score (nSPS) is 10.6. The summed E-state index contributed by atoms with van der Waals surface area (Å²) in [6.45, 7) is -2.98. The topological polar surface area (TPSA) is 35.0 Å². The van der Waals surface area contributed by atoms with Crippen LogP contribution >= 0.6 is 0 Å². The van der Waals surface area contributed by atoms with Gasteiger partial charge in [-0.2, -0.15) is 0 Å². The van der Waals surface area contributed by atoms with E-state index in [2.05, 4.69) is 9.97 Å². The molecule has 1 heterocycles. The molecule has 72 valence electrons. The van der Waals surface area contributed by atoms with Gasteiger partial charge in [-0.25, -0.2) is 9.97 Å². The molecule has 0 unspecified atom stereocenters. The zero-order chi connectivity index (χ0) is 9.90. The molecule has 0 bridgehead atoms. The van der Waals surface area contributed by atoms with Crippen LogP contribution in [0, 0.1) is 0 Å². The van der Waals surface area contributed by atoms with E-state index in [1.54, 1.807) is 6.92 Å². The molecule has 0 amide bonds. The van der Waals surface area contributed by atoms with Gasteiger partial charge in [0.2, 0.25) is 0 Å². The van der Waals surface area contributed by atoms with Gasteiger partial charge in [0.1, 0.15) is 0 Å². The number of hydrogen-bond acceptors (Lipinski definition) is 3. The summed E-state index contributed by atoms with van der Waals surface area (Å²) in [7, 11) is 0. The van der Waals surface area contributed by atoms with Crippen molar-refractivity contribution < 1.29 is 69.1 Å². The summed E-state index contributed by atoms with van der Waals surface area (Å²) < 4.78 is 40.9. The van der Waals surface area contributed by atoms with E-state index < -0.39 is 12.4 Å². The minimum Gasteiger partial charge on any atom is -0.464 e. The maximum absolute atomic E-state index is 12.0. The predicted molar refractivity (Wildman–Crippen MR) is 41.9 cm³/mol. The second-order valence-electron chi connectivity index (χ2n) is 2.31. The number of hydrogen-bond donors (Lipinski definition) is 0. The van der Waals surface area contributed by atoms with Crippen LogP contribution < -0.4 is 61.6 Å². The summed E-state index contributed by atoms with van der Waals surface area (Å²) in [5.41, 5.74) is -0.816. The van der Waals surface area contributed by atoms with Crippen molar-refractivity contribution in [2.45, 2.75) is 6.92 Å². The second kappa shape index (κ2) is 6.06. The average Bonchev–Trinajstić information content (AvgIpc) is 2.04. The summed E-state index contributed by atoms with van der Waals surface area (Å²) in [6.07, 6.45) is 1.44. The van der Waals surface area contributed by atoms with E-state index in [4.69, 9.17) is 4.74 Å². The molecule has 0 aromatic carbocycles. The fraction of sp³-hybridized carbons (Fsp3) is 0.333. The predicted octanol–water partition coefficient (Wildman–Crippen LogP) is -2.07. The molecule has 0 N–H and O–H groups in total. The Labute approximate surface area is 122 Å². The van der Waals surface area contributed by atoms with E-state index in [-0.39, 0.29) is 57.4 Å². The van der Waals surface area contributed by atoms with Crippen molar-refractivity contribution in [2.24, 2.45) is 0 Å². The smallest absolute Gasteiger partial charge is 0.464 e. The van der Waals surface area contributed by atoms with Crippen LogP contribution in [0.4, 0.5) is 12.9 Å². The average molecular weight is 230 g/mol. The zero-order valence-electron chi connectivity index (χ0n) is 7.88. The Hall–Kier alpha value is 0.371. The van der Waals surface area contributed by atoms with Crippen LogP contribution in [0.2, 0.25) is 0 Å². The molecule has 0 saturated carbocycles. The third kappa shape index (κ3) is 4.26. The molecule has 1 aromatic heterocycles. The molecule has 3 nitrogen and oxygen atoms in total. The number of halogens is 3. The fourth-order valence-electron chi connectivity index (χ4n) is 0.699. The van der Waals surface area contributed by atoms with Gasteiger partial charge in [0.25, 0.3) is 0 Å². The van der Waals surface area contributed by atoms with Crippen molar-refractivity contribution in [1.82, 2.24) is 9.97 Å². The third-order valence-corrected chi connectivity index (χ3v) is 1.30. The Morgan fingerprint density at radius 1 is 1.29 bits per heavy atom. The van der Waals surface area contributed by atoms with Gasteiger partial charge in [-0.1, -0.05) is 5.46 Å². The van der Waals surface area contributed by atoms with Crippen LogP contribution in [0.25, 0.3) is 0 Å². The Bertz CT molecular complexity index is 279. The molecule has 0 spiro atoms. The Morgan fingerprint density at radius 3 is 2.14 bits per heavy atom. The minimum atomic E-state index is -5.01. The third-order valence-electron chi connectivity index (χ3n) is 1.30. The van der Waals surface area contributed by atoms with Gasteiger partial charge >= 0.3 is 64.4 Å². The molecule has 0 aliphatic heterocycles. The first-order valence-corrected chi connectivity index (χ1v) is 3.68. The van der Waals surface area contributed by atoms with Crippen molar-refractivity contribution >= 4 is 12.4 Å². The maximum Gasteiger partial charge on any atom is 1.00 e. The Kier molecular flexibility index (Phi) is 6.22. The van der Waals surface area contributed by atoms with Gasteiger partial charge in [0.15, 0.2) is 0 Å². The van der Waals surface area contributed by atoms with E-state index in [1.165, 1.54) is 0 Å². The SMILES string of the molecule is CCOc1ncc([B-](F)(F)F)cn1.[K+]. The summed E-state index contributed by atoms with van der Waals surface area (Å²) in [4.78, 5) is 6.79. The van der Waals surface area contributed by atoms with Crippen molar-refractivity contribution in [3.05, 3.63) is 12.4 Å². The van der Waals surface area contributed by atoms with Crippen LogP contribution in [0.1, 0.15) is 6.92 Å². The van der Waals surface area contributed by atoms with E-state index in [1.807, 2.05) is 0 Å². The number of nitrogens with zero attached hydrogens (tertiary/aromatic N) is 2. The van der Waals surface area contributed by atoms with Gasteiger partial charge in [-0.05, 0) is 6.92 Å². The molecule has 0 fully saturated rings. The van der Waals surface area contributed by atoms with Gasteiger partial charge < -0.3 is 17.7 Å². The van der Waals surface area contributed by atoms with Crippen molar-refractivity contribution in [2.75, 3.05) is 6.61 Å². The number of aromatic nitrogens is 2. The molecule has 1 rings (SSSR count). The molecule has 8 heteroatoms. The van der Waals surface area contributed by atoms with Gasteiger partial charge in [0, 0.05) is 12.4 Å². The molecule has 0 atom stereocenters. The fourth-order valence-corrected chi connectivity index (χ4v) is 0.699. The molecule has 0 saturated heterocycles. The van der Waals surface area contributed by atoms with E-state index in [0.717, 1.165) is 12.4 Å². The van der Waals surface area contributed by atoms with Crippen molar-refractivity contribution in [3.8, 4) is 6.01 Å². The van der Waals surface area contributed by atoms with Crippen LogP contribution in [0.5, 0.6) is 6.01 Å². The number of ether oxygens (including phenoxy) is 1. The van der Waals surface area contributed by atoms with Crippen LogP contribution in [0.3, 0.4) is 0 Å². The molecular formula is C6H7BF3KN2O. The minimum absolute atomic E-state index is 0. The largest absolute Gasteiger partial charge is 1.00 e. The van der Waals surface area contributed by atoms with Crippen molar-refractivity contribution in [3.63, 3.8) is 0 Å². The van der Waals surface area contributed by atoms with Gasteiger partial charge in [0.05, 0.1) is 6.61 Å². The Morgan fingerprint density at radius 2 is 1.79 bits per heavy atom. The molecule has 0 aliphatic rings. The van der Waals surface area contributed by atoms with E-state index >= 15 is 0 Å². The van der Waals surface area contributed by atoms with Crippen LogP contribution in [0.15, 0.2) is 12.4 Å². The summed E-state index contributed by atoms with van der Waals surface area (Å²) in [6, 6.07) is -0.0358. The van der Waals surface area contributed by atoms with Crippen molar-refractivity contribution in [1.29, 1.82) is 0 Å². The summed E-state index contributed by atoms with van der Waals surface area (Å²) in [5, 5.41) is 0. The summed E-state index contributed by atoms with van der Waals surface area (Å²) in [5.74, 6) is 0. The van der Waals surface area contributed by atoms with E-state index in [0.29, 0.717) is 6.61 Å². The molecule has 0 radical (unpaired) electrons.